The number of benzene rings is 3. The van der Waals surface area contributed by atoms with E-state index in [1.54, 1.807) is 54.2 Å². The van der Waals surface area contributed by atoms with E-state index >= 15 is 0 Å². The lowest BCUT2D eigenvalue weighted by Gasteiger charge is -2.34. The van der Waals surface area contributed by atoms with Gasteiger partial charge >= 0.3 is 0 Å². The van der Waals surface area contributed by atoms with Crippen LogP contribution in [0.2, 0.25) is 0 Å². The number of thioether (sulfide) groups is 1. The van der Waals surface area contributed by atoms with E-state index in [0.717, 1.165) is 4.90 Å². The summed E-state index contributed by atoms with van der Waals surface area (Å²) in [6, 6.07) is 20.3. The molecular weight excluding hydrogens is 448 g/mol. The third-order valence-corrected chi connectivity index (χ3v) is 7.53. The predicted octanol–water partition coefficient (Wildman–Crippen LogP) is 4.01. The van der Waals surface area contributed by atoms with Crippen molar-refractivity contribution in [1.29, 1.82) is 0 Å². The molecule has 1 aliphatic rings. The Kier molecular flexibility index (Phi) is 6.29. The summed E-state index contributed by atoms with van der Waals surface area (Å²) in [7, 11) is -2.42. The zero-order valence-electron chi connectivity index (χ0n) is 17.5. The van der Waals surface area contributed by atoms with Crippen molar-refractivity contribution < 1.29 is 22.7 Å². The van der Waals surface area contributed by atoms with Gasteiger partial charge in [0.15, 0.2) is 6.10 Å². The van der Waals surface area contributed by atoms with Crippen molar-refractivity contribution in [3.63, 3.8) is 0 Å². The molecule has 4 rings (SSSR count). The third kappa shape index (κ3) is 4.39. The number of carbonyl (C=O) groups is 1. The van der Waals surface area contributed by atoms with Gasteiger partial charge in [-0.2, -0.15) is 0 Å². The molecule has 0 spiro atoms. The van der Waals surface area contributed by atoms with Crippen LogP contribution in [0.15, 0.2) is 82.6 Å². The van der Waals surface area contributed by atoms with Gasteiger partial charge in [0.2, 0.25) is 0 Å². The number of anilines is 2. The lowest BCUT2D eigenvalue weighted by Crippen LogP contribution is -2.48. The summed E-state index contributed by atoms with van der Waals surface area (Å²) in [6.07, 6.45) is 0.931. The van der Waals surface area contributed by atoms with Gasteiger partial charge in [-0.1, -0.05) is 18.2 Å². The van der Waals surface area contributed by atoms with Gasteiger partial charge < -0.3 is 14.8 Å². The number of fused-ring (bicyclic) bond motifs is 1. The molecule has 0 saturated heterocycles. The van der Waals surface area contributed by atoms with Crippen molar-refractivity contribution in [3.05, 3.63) is 72.8 Å². The molecule has 1 amide bonds. The maximum atomic E-state index is 13.5. The van der Waals surface area contributed by atoms with Gasteiger partial charge in [0.1, 0.15) is 11.5 Å². The second-order valence-corrected chi connectivity index (χ2v) is 9.75. The molecule has 9 heteroatoms. The largest absolute Gasteiger partial charge is 0.497 e. The van der Waals surface area contributed by atoms with E-state index in [2.05, 4.69) is 5.32 Å². The van der Waals surface area contributed by atoms with Crippen molar-refractivity contribution >= 4 is 39.1 Å². The first-order valence-corrected chi connectivity index (χ1v) is 12.5. The Morgan fingerprint density at radius 1 is 1.09 bits per heavy atom. The Morgan fingerprint density at radius 2 is 1.84 bits per heavy atom. The summed E-state index contributed by atoms with van der Waals surface area (Å²) in [5, 5.41) is 2.83. The SMILES string of the molecule is COc1ccc(S(=O)(=O)N2C[C@@H](C(=O)Nc3cccc(SC)c3)Oc3ccccc32)cc1. The number of para-hydroxylation sites is 2. The van der Waals surface area contributed by atoms with E-state index in [1.807, 2.05) is 24.5 Å². The molecule has 0 radical (unpaired) electrons. The normalized spacial score (nSPS) is 15.4. The zero-order chi connectivity index (χ0) is 22.7. The average molecular weight is 471 g/mol. The van der Waals surface area contributed by atoms with Gasteiger partial charge in [-0.3, -0.25) is 9.10 Å². The number of nitrogens with zero attached hydrogens (tertiary/aromatic N) is 1. The van der Waals surface area contributed by atoms with E-state index in [0.29, 0.717) is 22.9 Å². The van der Waals surface area contributed by atoms with Crippen molar-refractivity contribution in [1.82, 2.24) is 0 Å². The minimum Gasteiger partial charge on any atom is -0.497 e. The molecule has 0 fully saturated rings. The monoisotopic (exact) mass is 470 g/mol. The fraction of sp³-hybridized carbons (Fsp3) is 0.174. The van der Waals surface area contributed by atoms with E-state index in [-0.39, 0.29) is 11.4 Å². The van der Waals surface area contributed by atoms with Crippen LogP contribution in [0, 0.1) is 0 Å². The summed E-state index contributed by atoms with van der Waals surface area (Å²) in [5.41, 5.74) is 1.01. The lowest BCUT2D eigenvalue weighted by molar-refractivity contribution is -0.122. The number of rotatable bonds is 6. The molecule has 1 aliphatic heterocycles. The molecule has 0 aliphatic carbocycles. The van der Waals surface area contributed by atoms with Crippen LogP contribution in [0.3, 0.4) is 0 Å². The van der Waals surface area contributed by atoms with Crippen LogP contribution >= 0.6 is 11.8 Å². The Labute approximate surface area is 191 Å². The van der Waals surface area contributed by atoms with Crippen LogP contribution in [-0.2, 0) is 14.8 Å². The topological polar surface area (TPSA) is 84.9 Å². The molecule has 3 aromatic rings. The number of carbonyl (C=O) groups excluding carboxylic acids is 1. The molecular formula is C23H22N2O5S2. The molecule has 0 unspecified atom stereocenters. The first kappa shape index (κ1) is 22.0. The zero-order valence-corrected chi connectivity index (χ0v) is 19.2. The summed E-state index contributed by atoms with van der Waals surface area (Å²) in [4.78, 5) is 14.1. The van der Waals surface area contributed by atoms with Crippen molar-refractivity contribution in [2.75, 3.05) is 29.5 Å². The average Bonchev–Trinajstić information content (AvgIpc) is 2.83. The van der Waals surface area contributed by atoms with Gasteiger partial charge in [0, 0.05) is 10.6 Å². The van der Waals surface area contributed by atoms with Crippen LogP contribution in [-0.4, -0.2) is 40.3 Å². The molecule has 0 bridgehead atoms. The van der Waals surface area contributed by atoms with Gasteiger partial charge in [0.05, 0.1) is 24.2 Å². The highest BCUT2D eigenvalue weighted by Gasteiger charge is 2.37. The second kappa shape index (κ2) is 9.13. The van der Waals surface area contributed by atoms with Gasteiger partial charge in [-0.15, -0.1) is 11.8 Å². The highest BCUT2D eigenvalue weighted by atomic mass is 32.2. The molecule has 3 aromatic carbocycles. The number of hydrogen-bond acceptors (Lipinski definition) is 6. The summed E-state index contributed by atoms with van der Waals surface area (Å²) in [5.74, 6) is 0.456. The Hall–Kier alpha value is -3.17. The first-order valence-electron chi connectivity index (χ1n) is 9.80. The minimum absolute atomic E-state index is 0.0989. The number of amides is 1. The molecule has 7 nitrogen and oxygen atoms in total. The molecule has 1 N–H and O–H groups in total. The molecule has 0 saturated carbocycles. The van der Waals surface area contributed by atoms with Crippen LogP contribution < -0.4 is 19.1 Å². The Bertz CT molecular complexity index is 1230. The van der Waals surface area contributed by atoms with Crippen LogP contribution in [0.4, 0.5) is 11.4 Å². The van der Waals surface area contributed by atoms with Crippen LogP contribution in [0.5, 0.6) is 11.5 Å². The van der Waals surface area contributed by atoms with Crippen molar-refractivity contribution in [2.45, 2.75) is 15.9 Å². The second-order valence-electron chi connectivity index (χ2n) is 7.01. The summed E-state index contributed by atoms with van der Waals surface area (Å²) in [6.45, 7) is -0.153. The van der Waals surface area contributed by atoms with E-state index in [1.165, 1.54) is 23.5 Å². The third-order valence-electron chi connectivity index (χ3n) is 5.01. The molecule has 1 atom stereocenters. The molecule has 166 valence electrons. The first-order chi connectivity index (χ1) is 15.4. The summed E-state index contributed by atoms with van der Waals surface area (Å²) < 4.78 is 39.1. The Balaban J connectivity index is 1.64. The highest BCUT2D eigenvalue weighted by Crippen LogP contribution is 2.37. The van der Waals surface area contributed by atoms with E-state index in [9.17, 15) is 13.2 Å². The van der Waals surface area contributed by atoms with Crippen molar-refractivity contribution in [2.24, 2.45) is 0 Å². The van der Waals surface area contributed by atoms with E-state index in [4.69, 9.17) is 9.47 Å². The minimum atomic E-state index is -3.94. The number of hydrogen-bond donors (Lipinski definition) is 1. The van der Waals surface area contributed by atoms with Gasteiger partial charge in [-0.25, -0.2) is 8.42 Å². The molecule has 0 aromatic heterocycles. The standard InChI is InChI=1S/C23H22N2O5S2/c1-29-17-10-12-19(13-11-17)32(27,28)25-15-22(30-21-9-4-3-8-20(21)25)23(26)24-16-6-5-7-18(14-16)31-2/h3-14,22H,15H2,1-2H3,(H,24,26)/t22-/m0/s1. The quantitative estimate of drug-likeness (QED) is 0.548. The smallest absolute Gasteiger partial charge is 0.267 e. The maximum Gasteiger partial charge on any atom is 0.267 e. The number of sulfonamides is 1. The molecule has 32 heavy (non-hydrogen) atoms. The Morgan fingerprint density at radius 3 is 2.56 bits per heavy atom. The highest BCUT2D eigenvalue weighted by molar-refractivity contribution is 7.98. The van der Waals surface area contributed by atoms with Gasteiger partial charge in [0.25, 0.3) is 15.9 Å². The fourth-order valence-corrected chi connectivity index (χ4v) is 5.30. The van der Waals surface area contributed by atoms with Gasteiger partial charge in [-0.05, 0) is 60.9 Å². The lowest BCUT2D eigenvalue weighted by atomic mass is 10.2. The number of methoxy groups -OCH3 is 1. The van der Waals surface area contributed by atoms with E-state index < -0.39 is 22.0 Å². The van der Waals surface area contributed by atoms with Crippen LogP contribution in [0.25, 0.3) is 0 Å². The number of nitrogens with one attached hydrogen (secondary N) is 1. The predicted molar refractivity (Wildman–Crippen MR) is 125 cm³/mol. The molecule has 1 heterocycles. The van der Waals surface area contributed by atoms with Crippen LogP contribution in [0.1, 0.15) is 0 Å². The maximum absolute atomic E-state index is 13.5. The fourth-order valence-electron chi connectivity index (χ4n) is 3.36. The van der Waals surface area contributed by atoms with Crippen molar-refractivity contribution in [3.8, 4) is 11.5 Å². The number of ether oxygens (including phenoxy) is 2. The summed E-state index contributed by atoms with van der Waals surface area (Å²) >= 11 is 1.56.